The van der Waals surface area contributed by atoms with Gasteiger partial charge in [-0.15, -0.1) is 11.6 Å². The molecule has 0 saturated heterocycles. The van der Waals surface area contributed by atoms with Gasteiger partial charge in [0.1, 0.15) is 11.6 Å². The van der Waals surface area contributed by atoms with Crippen LogP contribution in [0.4, 0.5) is 8.78 Å². The van der Waals surface area contributed by atoms with Crippen LogP contribution >= 0.6 is 11.6 Å². The molecule has 1 aromatic carbocycles. The fourth-order valence-corrected chi connectivity index (χ4v) is 2.44. The Labute approximate surface area is 80.5 Å². The van der Waals surface area contributed by atoms with E-state index in [1.807, 2.05) is 6.92 Å². The van der Waals surface area contributed by atoms with Crippen LogP contribution in [0, 0.1) is 11.6 Å². The van der Waals surface area contributed by atoms with Gasteiger partial charge in [0, 0.05) is 5.56 Å². The Morgan fingerprint density at radius 3 is 2.31 bits per heavy atom. The molecule has 13 heavy (non-hydrogen) atoms. The van der Waals surface area contributed by atoms with Crippen LogP contribution in [-0.4, -0.2) is 0 Å². The molecule has 0 saturated carbocycles. The van der Waals surface area contributed by atoms with Crippen molar-refractivity contribution in [1.82, 2.24) is 0 Å². The lowest BCUT2D eigenvalue weighted by atomic mass is 10.0. The fraction of sp³-hybridized carbons (Fsp3) is 0.400. The zero-order chi connectivity index (χ0) is 9.59. The second kappa shape index (κ2) is 2.95. The summed E-state index contributed by atoms with van der Waals surface area (Å²) in [6.07, 6.45) is 0.620. The van der Waals surface area contributed by atoms with E-state index >= 15 is 0 Å². The molecule has 0 bridgehead atoms. The molecule has 70 valence electrons. The maximum atomic E-state index is 13.3. The number of alkyl halides is 1. The topological polar surface area (TPSA) is 0 Å². The van der Waals surface area contributed by atoms with Gasteiger partial charge in [0.15, 0.2) is 0 Å². The highest BCUT2D eigenvalue weighted by atomic mass is 35.5. The molecule has 1 aliphatic carbocycles. The predicted molar refractivity (Wildman–Crippen MR) is 48.0 cm³/mol. The second-order valence-corrected chi connectivity index (χ2v) is 3.99. The zero-order valence-electron chi connectivity index (χ0n) is 7.15. The Kier molecular flexibility index (Phi) is 2.03. The van der Waals surface area contributed by atoms with Crippen LogP contribution in [0.15, 0.2) is 12.1 Å². The summed E-state index contributed by atoms with van der Waals surface area (Å²) in [5.41, 5.74) is 0.814. The lowest BCUT2D eigenvalue weighted by Crippen LogP contribution is -1.95. The smallest absolute Gasteiger partial charge is 0.128 e. The molecule has 0 aliphatic heterocycles. The van der Waals surface area contributed by atoms with Gasteiger partial charge < -0.3 is 0 Å². The quantitative estimate of drug-likeness (QED) is 0.562. The molecule has 1 aliphatic rings. The van der Waals surface area contributed by atoms with E-state index in [9.17, 15) is 8.78 Å². The van der Waals surface area contributed by atoms with E-state index in [1.165, 1.54) is 6.07 Å². The molecule has 0 heterocycles. The number of hydrogen-bond donors (Lipinski definition) is 0. The second-order valence-electron chi connectivity index (χ2n) is 3.46. The highest BCUT2D eigenvalue weighted by Crippen LogP contribution is 2.45. The molecule has 0 nitrogen and oxygen atoms in total. The SMILES string of the molecule is CC1CC(Cl)c2c(F)ccc(F)c21. The summed E-state index contributed by atoms with van der Waals surface area (Å²) < 4.78 is 26.5. The Hall–Kier alpha value is -0.630. The minimum atomic E-state index is -0.388. The Morgan fingerprint density at radius 2 is 1.77 bits per heavy atom. The third-order valence-electron chi connectivity index (χ3n) is 2.55. The Morgan fingerprint density at radius 1 is 1.23 bits per heavy atom. The molecule has 0 aromatic heterocycles. The van der Waals surface area contributed by atoms with Crippen molar-refractivity contribution in [2.24, 2.45) is 0 Å². The standard InChI is InChI=1S/C10H9ClF2/c1-5-4-6(11)10-8(13)3-2-7(12)9(5)10/h2-3,5-6H,4H2,1H3. The summed E-state index contributed by atoms with van der Waals surface area (Å²) in [4.78, 5) is 0. The van der Waals surface area contributed by atoms with Crippen LogP contribution in [0.3, 0.4) is 0 Å². The number of hydrogen-bond acceptors (Lipinski definition) is 0. The molecule has 1 aromatic rings. The van der Waals surface area contributed by atoms with Gasteiger partial charge in [-0.25, -0.2) is 8.78 Å². The first-order valence-corrected chi connectivity index (χ1v) is 4.66. The highest BCUT2D eigenvalue weighted by molar-refractivity contribution is 6.21. The Bertz CT molecular complexity index is 316. The normalized spacial score (nSPS) is 26.2. The maximum Gasteiger partial charge on any atom is 0.128 e. The van der Waals surface area contributed by atoms with Crippen LogP contribution < -0.4 is 0 Å². The van der Waals surface area contributed by atoms with Crippen molar-refractivity contribution >= 4 is 11.6 Å². The third kappa shape index (κ3) is 1.24. The first-order valence-electron chi connectivity index (χ1n) is 4.23. The van der Waals surface area contributed by atoms with Crippen LogP contribution in [0.25, 0.3) is 0 Å². The summed E-state index contributed by atoms with van der Waals surface area (Å²) in [6.45, 7) is 1.86. The van der Waals surface area contributed by atoms with Crippen LogP contribution in [-0.2, 0) is 0 Å². The molecule has 0 radical (unpaired) electrons. The first kappa shape index (κ1) is 8.95. The minimum absolute atomic E-state index is 0.0215. The monoisotopic (exact) mass is 202 g/mol. The lowest BCUT2D eigenvalue weighted by molar-refractivity contribution is 0.577. The number of halogens is 3. The molecule has 0 fully saturated rings. The van der Waals surface area contributed by atoms with E-state index in [-0.39, 0.29) is 22.9 Å². The van der Waals surface area contributed by atoms with Crippen molar-refractivity contribution in [3.05, 3.63) is 34.9 Å². The van der Waals surface area contributed by atoms with Crippen LogP contribution in [0.5, 0.6) is 0 Å². The van der Waals surface area contributed by atoms with Gasteiger partial charge in [-0.2, -0.15) is 0 Å². The van der Waals surface area contributed by atoms with Gasteiger partial charge in [0.05, 0.1) is 5.38 Å². The van der Waals surface area contributed by atoms with E-state index in [0.717, 1.165) is 6.07 Å². The third-order valence-corrected chi connectivity index (χ3v) is 2.94. The number of benzene rings is 1. The average molecular weight is 203 g/mol. The van der Waals surface area contributed by atoms with Crippen molar-refractivity contribution in [2.75, 3.05) is 0 Å². The molecule has 2 atom stereocenters. The molecule has 0 amide bonds. The fourth-order valence-electron chi connectivity index (χ4n) is 1.95. The summed E-state index contributed by atoms with van der Waals surface area (Å²) in [5.74, 6) is -0.707. The van der Waals surface area contributed by atoms with Gasteiger partial charge in [-0.3, -0.25) is 0 Å². The molecule has 0 N–H and O–H groups in total. The number of rotatable bonds is 0. The minimum Gasteiger partial charge on any atom is -0.207 e. The van der Waals surface area contributed by atoms with Crippen molar-refractivity contribution in [3.63, 3.8) is 0 Å². The van der Waals surface area contributed by atoms with Crippen molar-refractivity contribution in [2.45, 2.75) is 24.6 Å². The van der Waals surface area contributed by atoms with E-state index in [0.29, 0.717) is 17.5 Å². The van der Waals surface area contributed by atoms with Crippen molar-refractivity contribution in [3.8, 4) is 0 Å². The number of fused-ring (bicyclic) bond motifs is 1. The van der Waals surface area contributed by atoms with E-state index in [2.05, 4.69) is 0 Å². The Balaban J connectivity index is 2.67. The van der Waals surface area contributed by atoms with Crippen molar-refractivity contribution < 1.29 is 8.78 Å². The maximum absolute atomic E-state index is 13.3. The van der Waals surface area contributed by atoms with Gasteiger partial charge in [-0.1, -0.05) is 6.92 Å². The first-order chi connectivity index (χ1) is 6.11. The molecule has 0 spiro atoms. The zero-order valence-corrected chi connectivity index (χ0v) is 7.91. The summed E-state index contributed by atoms with van der Waals surface area (Å²) in [7, 11) is 0. The summed E-state index contributed by atoms with van der Waals surface area (Å²) >= 11 is 5.91. The predicted octanol–water partition coefficient (Wildman–Crippen LogP) is 3.75. The van der Waals surface area contributed by atoms with E-state index in [4.69, 9.17) is 11.6 Å². The van der Waals surface area contributed by atoms with Crippen LogP contribution in [0.2, 0.25) is 0 Å². The van der Waals surface area contributed by atoms with Gasteiger partial charge >= 0.3 is 0 Å². The largest absolute Gasteiger partial charge is 0.207 e. The summed E-state index contributed by atoms with van der Waals surface area (Å²) in [5, 5.41) is -0.374. The highest BCUT2D eigenvalue weighted by Gasteiger charge is 2.32. The molecular weight excluding hydrogens is 194 g/mol. The average Bonchev–Trinajstić information content (AvgIpc) is 2.36. The van der Waals surface area contributed by atoms with E-state index < -0.39 is 0 Å². The van der Waals surface area contributed by atoms with E-state index in [1.54, 1.807) is 0 Å². The molecule has 3 heteroatoms. The van der Waals surface area contributed by atoms with Gasteiger partial charge in [-0.05, 0) is 30.0 Å². The molecular formula is C10H9ClF2. The molecule has 2 unspecified atom stereocenters. The van der Waals surface area contributed by atoms with Crippen LogP contribution in [0.1, 0.15) is 35.8 Å². The van der Waals surface area contributed by atoms with Gasteiger partial charge in [0.25, 0.3) is 0 Å². The summed E-state index contributed by atoms with van der Waals surface area (Å²) in [6, 6.07) is 2.31. The molecule has 2 rings (SSSR count). The van der Waals surface area contributed by atoms with Crippen molar-refractivity contribution in [1.29, 1.82) is 0 Å². The van der Waals surface area contributed by atoms with Gasteiger partial charge in [0.2, 0.25) is 0 Å². The lowest BCUT2D eigenvalue weighted by Gasteiger charge is -2.06.